The SMILES string of the molecule is CC(C)c1ccc(CNC2CCCC2)c(=O)[nH]1. The van der Waals surface area contributed by atoms with Gasteiger partial charge in [-0.1, -0.05) is 32.8 Å². The van der Waals surface area contributed by atoms with Crippen LogP contribution in [0.25, 0.3) is 0 Å². The first kappa shape index (κ1) is 12.4. The first-order valence-corrected chi connectivity index (χ1v) is 6.62. The van der Waals surface area contributed by atoms with E-state index in [0.29, 0.717) is 18.5 Å². The van der Waals surface area contributed by atoms with Gasteiger partial charge in [0.1, 0.15) is 0 Å². The highest BCUT2D eigenvalue weighted by Gasteiger charge is 2.14. The van der Waals surface area contributed by atoms with Crippen LogP contribution in [0.4, 0.5) is 0 Å². The van der Waals surface area contributed by atoms with E-state index in [4.69, 9.17) is 0 Å². The monoisotopic (exact) mass is 234 g/mol. The van der Waals surface area contributed by atoms with Gasteiger partial charge in [-0.2, -0.15) is 0 Å². The molecule has 0 bridgehead atoms. The maximum absolute atomic E-state index is 11.9. The third-order valence-corrected chi connectivity index (χ3v) is 3.57. The predicted molar refractivity (Wildman–Crippen MR) is 70.2 cm³/mol. The van der Waals surface area contributed by atoms with Gasteiger partial charge >= 0.3 is 0 Å². The van der Waals surface area contributed by atoms with Crippen molar-refractivity contribution in [2.45, 2.75) is 58.0 Å². The standard InChI is InChI=1S/C14H22N2O/c1-10(2)13-8-7-11(14(17)16-13)9-15-12-5-3-4-6-12/h7-8,10,12,15H,3-6,9H2,1-2H3,(H,16,17). The van der Waals surface area contributed by atoms with Crippen LogP contribution in [0.5, 0.6) is 0 Å². The second kappa shape index (κ2) is 5.50. The first-order chi connectivity index (χ1) is 8.16. The molecule has 3 nitrogen and oxygen atoms in total. The van der Waals surface area contributed by atoms with Crippen molar-refractivity contribution < 1.29 is 0 Å². The predicted octanol–water partition coefficient (Wildman–Crippen LogP) is 2.53. The van der Waals surface area contributed by atoms with Crippen molar-refractivity contribution in [2.24, 2.45) is 0 Å². The van der Waals surface area contributed by atoms with Crippen LogP contribution in [0.1, 0.15) is 56.7 Å². The van der Waals surface area contributed by atoms with Gasteiger partial charge in [-0.15, -0.1) is 0 Å². The third-order valence-electron chi connectivity index (χ3n) is 3.57. The van der Waals surface area contributed by atoms with Crippen molar-refractivity contribution in [3.05, 3.63) is 33.7 Å². The van der Waals surface area contributed by atoms with E-state index < -0.39 is 0 Å². The lowest BCUT2D eigenvalue weighted by atomic mass is 10.1. The van der Waals surface area contributed by atoms with E-state index in [1.54, 1.807) is 0 Å². The molecule has 17 heavy (non-hydrogen) atoms. The quantitative estimate of drug-likeness (QED) is 0.841. The Morgan fingerprint density at radius 3 is 2.65 bits per heavy atom. The van der Waals surface area contributed by atoms with Gasteiger partial charge in [-0.3, -0.25) is 4.79 Å². The summed E-state index contributed by atoms with van der Waals surface area (Å²) in [6.07, 6.45) is 5.14. The van der Waals surface area contributed by atoms with Crippen molar-refractivity contribution in [3.8, 4) is 0 Å². The molecule has 2 rings (SSSR count). The molecule has 0 saturated heterocycles. The highest BCUT2D eigenvalue weighted by atomic mass is 16.1. The fourth-order valence-electron chi connectivity index (χ4n) is 2.38. The molecule has 0 atom stereocenters. The largest absolute Gasteiger partial charge is 0.326 e. The van der Waals surface area contributed by atoms with E-state index in [9.17, 15) is 4.79 Å². The molecule has 0 radical (unpaired) electrons. The van der Waals surface area contributed by atoms with Gasteiger partial charge in [-0.05, 0) is 24.8 Å². The highest BCUT2D eigenvalue weighted by Crippen LogP contribution is 2.17. The average molecular weight is 234 g/mol. The van der Waals surface area contributed by atoms with E-state index in [1.807, 2.05) is 12.1 Å². The van der Waals surface area contributed by atoms with Gasteiger partial charge in [0.2, 0.25) is 0 Å². The molecular formula is C14H22N2O. The van der Waals surface area contributed by atoms with Crippen molar-refractivity contribution in [1.29, 1.82) is 0 Å². The molecule has 0 spiro atoms. The van der Waals surface area contributed by atoms with E-state index in [-0.39, 0.29) is 5.56 Å². The number of aromatic nitrogens is 1. The van der Waals surface area contributed by atoms with Crippen LogP contribution in [0.2, 0.25) is 0 Å². The molecule has 2 N–H and O–H groups in total. The second-order valence-corrected chi connectivity index (χ2v) is 5.29. The summed E-state index contributed by atoms with van der Waals surface area (Å²) in [5.41, 5.74) is 1.92. The molecule has 0 aliphatic heterocycles. The number of hydrogen-bond acceptors (Lipinski definition) is 2. The van der Waals surface area contributed by atoms with Crippen LogP contribution in [0.3, 0.4) is 0 Å². The normalized spacial score (nSPS) is 16.9. The number of H-pyrrole nitrogens is 1. The molecule has 1 aliphatic carbocycles. The fraction of sp³-hybridized carbons (Fsp3) is 0.643. The lowest BCUT2D eigenvalue weighted by Crippen LogP contribution is -2.28. The molecule has 1 fully saturated rings. The Hall–Kier alpha value is -1.09. The topological polar surface area (TPSA) is 44.9 Å². The number of nitrogens with one attached hydrogen (secondary N) is 2. The summed E-state index contributed by atoms with van der Waals surface area (Å²) < 4.78 is 0. The Morgan fingerprint density at radius 2 is 2.06 bits per heavy atom. The minimum absolute atomic E-state index is 0.0571. The molecular weight excluding hydrogens is 212 g/mol. The molecule has 0 unspecified atom stereocenters. The number of rotatable bonds is 4. The smallest absolute Gasteiger partial charge is 0.252 e. The zero-order valence-electron chi connectivity index (χ0n) is 10.8. The Bertz CT molecular complexity index is 416. The summed E-state index contributed by atoms with van der Waals surface area (Å²) in [7, 11) is 0. The number of pyridine rings is 1. The molecule has 94 valence electrons. The summed E-state index contributed by atoms with van der Waals surface area (Å²) in [6, 6.07) is 4.59. The molecule has 1 aromatic rings. The van der Waals surface area contributed by atoms with Crippen molar-refractivity contribution >= 4 is 0 Å². The second-order valence-electron chi connectivity index (χ2n) is 5.29. The zero-order valence-corrected chi connectivity index (χ0v) is 10.8. The number of aromatic amines is 1. The van der Waals surface area contributed by atoms with Crippen LogP contribution in [0, 0.1) is 0 Å². The summed E-state index contributed by atoms with van der Waals surface area (Å²) in [5.74, 6) is 0.375. The van der Waals surface area contributed by atoms with E-state index in [1.165, 1.54) is 25.7 Å². The molecule has 1 aliphatic rings. The third kappa shape index (κ3) is 3.19. The average Bonchev–Trinajstić information content (AvgIpc) is 2.80. The van der Waals surface area contributed by atoms with Crippen LogP contribution in [0.15, 0.2) is 16.9 Å². The van der Waals surface area contributed by atoms with Crippen molar-refractivity contribution in [1.82, 2.24) is 10.3 Å². The van der Waals surface area contributed by atoms with Crippen LogP contribution in [-0.2, 0) is 6.54 Å². The maximum atomic E-state index is 11.9. The van der Waals surface area contributed by atoms with Gasteiger partial charge in [0, 0.05) is 23.8 Å². The van der Waals surface area contributed by atoms with Crippen molar-refractivity contribution in [2.75, 3.05) is 0 Å². The van der Waals surface area contributed by atoms with Crippen LogP contribution < -0.4 is 10.9 Å². The summed E-state index contributed by atoms with van der Waals surface area (Å²) in [6.45, 7) is 4.86. The molecule has 1 heterocycles. The Balaban J connectivity index is 1.98. The molecule has 1 aromatic heterocycles. The summed E-state index contributed by atoms with van der Waals surface area (Å²) >= 11 is 0. The zero-order chi connectivity index (χ0) is 12.3. The molecule has 0 aromatic carbocycles. The van der Waals surface area contributed by atoms with Gasteiger partial charge in [0.15, 0.2) is 0 Å². The Morgan fingerprint density at radius 1 is 1.35 bits per heavy atom. The van der Waals surface area contributed by atoms with E-state index in [2.05, 4.69) is 24.1 Å². The lowest BCUT2D eigenvalue weighted by molar-refractivity contribution is 0.522. The van der Waals surface area contributed by atoms with Gasteiger partial charge in [0.05, 0.1) is 0 Å². The molecule has 1 saturated carbocycles. The summed E-state index contributed by atoms with van der Waals surface area (Å²) in [4.78, 5) is 14.8. The minimum Gasteiger partial charge on any atom is -0.326 e. The highest BCUT2D eigenvalue weighted by molar-refractivity contribution is 5.16. The first-order valence-electron chi connectivity index (χ1n) is 6.62. The minimum atomic E-state index is 0.0571. The van der Waals surface area contributed by atoms with Crippen LogP contribution in [-0.4, -0.2) is 11.0 Å². The molecule has 0 amide bonds. The summed E-state index contributed by atoms with van der Waals surface area (Å²) in [5, 5.41) is 3.47. The molecule has 3 heteroatoms. The van der Waals surface area contributed by atoms with Crippen LogP contribution >= 0.6 is 0 Å². The number of hydrogen-bond donors (Lipinski definition) is 2. The van der Waals surface area contributed by atoms with Gasteiger partial charge in [-0.25, -0.2) is 0 Å². The van der Waals surface area contributed by atoms with Gasteiger partial charge in [0.25, 0.3) is 5.56 Å². The Labute approximate surface area is 103 Å². The van der Waals surface area contributed by atoms with Crippen molar-refractivity contribution in [3.63, 3.8) is 0 Å². The lowest BCUT2D eigenvalue weighted by Gasteiger charge is -2.12. The Kier molecular flexibility index (Phi) is 4.00. The maximum Gasteiger partial charge on any atom is 0.252 e. The van der Waals surface area contributed by atoms with Gasteiger partial charge < -0.3 is 10.3 Å². The van der Waals surface area contributed by atoms with E-state index in [0.717, 1.165) is 11.3 Å². The van der Waals surface area contributed by atoms with E-state index >= 15 is 0 Å². The fourth-order valence-corrected chi connectivity index (χ4v) is 2.38.